The summed E-state index contributed by atoms with van der Waals surface area (Å²) < 4.78 is 27.2. The van der Waals surface area contributed by atoms with Crippen molar-refractivity contribution in [1.82, 2.24) is 14.6 Å². The van der Waals surface area contributed by atoms with Crippen LogP contribution in [-0.4, -0.2) is 54.4 Å². The molecule has 1 atom stereocenters. The first-order chi connectivity index (χ1) is 14.8. The summed E-state index contributed by atoms with van der Waals surface area (Å²) >= 11 is 0. The van der Waals surface area contributed by atoms with Crippen molar-refractivity contribution in [3.05, 3.63) is 66.2 Å². The highest BCUT2D eigenvalue weighted by molar-refractivity contribution is 7.89. The molecule has 1 aromatic carbocycles. The number of nitrogens with two attached hydrogens (primary N) is 1. The van der Waals surface area contributed by atoms with Crippen molar-refractivity contribution in [2.75, 3.05) is 13.1 Å². The van der Waals surface area contributed by atoms with Gasteiger partial charge in [-0.25, -0.2) is 9.29 Å². The molecular weight excluding hydrogens is 420 g/mol. The van der Waals surface area contributed by atoms with Gasteiger partial charge in [0.25, 0.3) is 10.0 Å². The molecule has 1 aromatic heterocycles. The zero-order valence-corrected chi connectivity index (χ0v) is 17.5. The van der Waals surface area contributed by atoms with E-state index in [1.165, 1.54) is 24.4 Å². The first-order valence-electron chi connectivity index (χ1n) is 9.76. The van der Waals surface area contributed by atoms with E-state index in [1.807, 2.05) is 0 Å². The van der Waals surface area contributed by atoms with E-state index in [9.17, 15) is 22.8 Å². The summed E-state index contributed by atoms with van der Waals surface area (Å²) in [5, 5.41) is 2.61. The van der Waals surface area contributed by atoms with E-state index < -0.39 is 33.7 Å². The van der Waals surface area contributed by atoms with Crippen molar-refractivity contribution in [1.29, 1.82) is 0 Å². The zero-order chi connectivity index (χ0) is 22.4. The van der Waals surface area contributed by atoms with Gasteiger partial charge >= 0.3 is 0 Å². The predicted octanol–water partition coefficient (Wildman–Crippen LogP) is 0.466. The second-order valence-electron chi connectivity index (χ2n) is 7.04. The molecule has 3 rings (SSSR count). The number of sulfonamides is 1. The van der Waals surface area contributed by atoms with Crippen molar-refractivity contribution < 1.29 is 22.8 Å². The molecule has 10 heteroatoms. The number of benzene rings is 1. The Labute approximate surface area is 180 Å². The van der Waals surface area contributed by atoms with Gasteiger partial charge in [0, 0.05) is 11.8 Å². The molecule has 3 N–H and O–H groups in total. The fourth-order valence-electron chi connectivity index (χ4n) is 3.42. The number of carbonyl (C=O) groups is 3. The summed E-state index contributed by atoms with van der Waals surface area (Å²) in [6, 6.07) is 9.66. The Morgan fingerprint density at radius 3 is 2.65 bits per heavy atom. The summed E-state index contributed by atoms with van der Waals surface area (Å²) in [6.45, 7) is 0.514. The first-order valence-corrected chi connectivity index (χ1v) is 11.2. The lowest BCUT2D eigenvalue weighted by molar-refractivity contribution is -0.131. The van der Waals surface area contributed by atoms with E-state index in [-0.39, 0.29) is 30.0 Å². The maximum Gasteiger partial charge on any atom is 0.284 e. The third-order valence-electron chi connectivity index (χ3n) is 4.94. The SMILES string of the molecule is NC(=O)c1ccccc1C[CH]C(=O)N([C@H]1CCCNCC1=O)S(=O)(=O)c1ccccn1. The lowest BCUT2D eigenvalue weighted by Gasteiger charge is -2.29. The Morgan fingerprint density at radius 2 is 1.94 bits per heavy atom. The monoisotopic (exact) mass is 443 g/mol. The topological polar surface area (TPSA) is 140 Å². The van der Waals surface area contributed by atoms with Crippen molar-refractivity contribution in [2.45, 2.75) is 30.3 Å². The smallest absolute Gasteiger partial charge is 0.284 e. The van der Waals surface area contributed by atoms with Crippen molar-refractivity contribution in [3.63, 3.8) is 0 Å². The highest BCUT2D eigenvalue weighted by Gasteiger charge is 2.40. The molecule has 2 aromatic rings. The van der Waals surface area contributed by atoms with Crippen LogP contribution in [0.1, 0.15) is 28.8 Å². The largest absolute Gasteiger partial charge is 0.366 e. The van der Waals surface area contributed by atoms with Crippen molar-refractivity contribution in [3.8, 4) is 0 Å². The molecule has 1 aliphatic heterocycles. The highest BCUT2D eigenvalue weighted by atomic mass is 32.2. The molecule has 0 aliphatic carbocycles. The molecule has 0 spiro atoms. The molecule has 0 bridgehead atoms. The number of hydrogen-bond donors (Lipinski definition) is 2. The Kier molecular flexibility index (Phi) is 7.13. The van der Waals surface area contributed by atoms with Gasteiger partial charge in [0.1, 0.15) is 6.04 Å². The van der Waals surface area contributed by atoms with Gasteiger partial charge in [-0.05, 0) is 49.6 Å². The van der Waals surface area contributed by atoms with E-state index >= 15 is 0 Å². The third-order valence-corrected chi connectivity index (χ3v) is 6.67. The van der Waals surface area contributed by atoms with E-state index in [4.69, 9.17) is 5.73 Å². The van der Waals surface area contributed by atoms with Gasteiger partial charge in [0.15, 0.2) is 10.8 Å². The number of ketones is 1. The Bertz CT molecular complexity index is 1070. The van der Waals surface area contributed by atoms with Crippen LogP contribution in [0.5, 0.6) is 0 Å². The number of nitrogens with one attached hydrogen (secondary N) is 1. The predicted molar refractivity (Wildman–Crippen MR) is 112 cm³/mol. The number of pyridine rings is 1. The summed E-state index contributed by atoms with van der Waals surface area (Å²) in [7, 11) is -4.38. The molecule has 163 valence electrons. The number of nitrogens with zero attached hydrogens (tertiary/aromatic N) is 2. The number of carbonyl (C=O) groups excluding carboxylic acids is 3. The van der Waals surface area contributed by atoms with E-state index in [0.29, 0.717) is 22.8 Å². The normalized spacial score (nSPS) is 17.0. The first kappa shape index (κ1) is 22.6. The Balaban J connectivity index is 1.93. The van der Waals surface area contributed by atoms with Crippen LogP contribution in [-0.2, 0) is 26.0 Å². The van der Waals surface area contributed by atoms with Gasteiger partial charge in [0.2, 0.25) is 11.8 Å². The summed E-state index contributed by atoms with van der Waals surface area (Å²) in [6.07, 6.45) is 3.16. The molecular formula is C21H23N4O5S. The quantitative estimate of drug-likeness (QED) is 0.634. The van der Waals surface area contributed by atoms with Crippen LogP contribution in [0, 0.1) is 6.42 Å². The minimum Gasteiger partial charge on any atom is -0.366 e. The lowest BCUT2D eigenvalue weighted by Crippen LogP contribution is -2.50. The average Bonchev–Trinajstić information content (AvgIpc) is 2.97. The third kappa shape index (κ3) is 5.15. The Morgan fingerprint density at radius 1 is 1.19 bits per heavy atom. The second-order valence-corrected chi connectivity index (χ2v) is 8.80. The summed E-state index contributed by atoms with van der Waals surface area (Å²) in [5.74, 6) is -1.90. The molecule has 31 heavy (non-hydrogen) atoms. The molecule has 0 saturated carbocycles. The van der Waals surface area contributed by atoms with Crippen LogP contribution >= 0.6 is 0 Å². The number of amides is 2. The number of primary amides is 1. The molecule has 9 nitrogen and oxygen atoms in total. The van der Waals surface area contributed by atoms with Gasteiger partial charge in [-0.3, -0.25) is 14.4 Å². The summed E-state index contributed by atoms with van der Waals surface area (Å²) in [5.41, 5.74) is 6.09. The van der Waals surface area contributed by atoms with Crippen LogP contribution in [0.4, 0.5) is 0 Å². The fourth-order valence-corrected chi connectivity index (χ4v) is 4.94. The molecule has 2 amide bonds. The second kappa shape index (κ2) is 9.80. The maximum absolute atomic E-state index is 13.3. The van der Waals surface area contributed by atoms with E-state index in [2.05, 4.69) is 10.3 Å². The van der Waals surface area contributed by atoms with Crippen LogP contribution in [0.15, 0.2) is 53.7 Å². The maximum atomic E-state index is 13.3. The van der Waals surface area contributed by atoms with Crippen LogP contribution in [0.25, 0.3) is 0 Å². The number of rotatable bonds is 7. The fraction of sp³-hybridized carbons (Fsp3) is 0.286. The minimum absolute atomic E-state index is 0.0225. The molecule has 1 fully saturated rings. The van der Waals surface area contributed by atoms with Gasteiger partial charge in [-0.1, -0.05) is 24.3 Å². The van der Waals surface area contributed by atoms with Gasteiger partial charge in [0.05, 0.1) is 13.0 Å². The van der Waals surface area contributed by atoms with Crippen molar-refractivity contribution in [2.24, 2.45) is 5.73 Å². The van der Waals surface area contributed by atoms with E-state index in [0.717, 1.165) is 6.42 Å². The van der Waals surface area contributed by atoms with Crippen LogP contribution in [0.3, 0.4) is 0 Å². The molecule has 2 heterocycles. The van der Waals surface area contributed by atoms with E-state index in [1.54, 1.807) is 24.3 Å². The van der Waals surface area contributed by atoms with Gasteiger partial charge in [-0.2, -0.15) is 8.42 Å². The standard InChI is InChI=1S/C21H23N4O5S/c22-21(28)16-7-2-1-6-15(16)10-11-20(27)25(17-8-5-12-23-14-18(17)26)31(29,30)19-9-3-4-13-24-19/h1-4,6-7,9,11,13,17,23H,5,8,10,12,14H2,(H2,22,28)/t17-/m0/s1. The Hall–Kier alpha value is -3.11. The van der Waals surface area contributed by atoms with Gasteiger partial charge < -0.3 is 11.1 Å². The minimum atomic E-state index is -4.38. The molecule has 1 radical (unpaired) electrons. The highest BCUT2D eigenvalue weighted by Crippen LogP contribution is 2.23. The number of Topliss-reactive ketones (excluding diaryl/α,β-unsaturated/α-hetero) is 1. The average molecular weight is 444 g/mol. The lowest BCUT2D eigenvalue weighted by atomic mass is 10.0. The van der Waals surface area contributed by atoms with Crippen LogP contribution in [0.2, 0.25) is 0 Å². The van der Waals surface area contributed by atoms with Gasteiger partial charge in [-0.15, -0.1) is 0 Å². The van der Waals surface area contributed by atoms with Crippen molar-refractivity contribution >= 4 is 27.6 Å². The number of hydrogen-bond acceptors (Lipinski definition) is 7. The molecule has 1 aliphatic rings. The molecule has 1 saturated heterocycles. The molecule has 0 unspecified atom stereocenters. The van der Waals surface area contributed by atoms with Crippen LogP contribution < -0.4 is 11.1 Å². The zero-order valence-electron chi connectivity index (χ0n) is 16.7. The summed E-state index contributed by atoms with van der Waals surface area (Å²) in [4.78, 5) is 41.3. The number of aromatic nitrogens is 1.